The third-order valence-electron chi connectivity index (χ3n) is 3.82. The second-order valence-corrected chi connectivity index (χ2v) is 6.56. The summed E-state index contributed by atoms with van der Waals surface area (Å²) in [7, 11) is 2.01. The number of benzene rings is 1. The third kappa shape index (κ3) is 3.34. The molecule has 3 rings (SSSR count). The molecule has 110 valence electrons. The Kier molecular flexibility index (Phi) is 4.36. The summed E-state index contributed by atoms with van der Waals surface area (Å²) in [6.45, 7) is 2.13. The molecule has 0 aliphatic carbocycles. The smallest absolute Gasteiger partial charge is 0.241 e. The molecule has 0 fully saturated rings. The predicted octanol–water partition coefficient (Wildman–Crippen LogP) is 3.16. The molecule has 1 aromatic carbocycles. The Labute approximate surface area is 129 Å². The molecule has 0 radical (unpaired) electrons. The van der Waals surface area contributed by atoms with Gasteiger partial charge in [-0.15, -0.1) is 11.3 Å². The summed E-state index contributed by atoms with van der Waals surface area (Å²) in [5.41, 5.74) is 2.39. The number of carbonyl (C=O) groups is 1. The number of carbonyl (C=O) groups excluding carboxylic acids is 1. The highest BCUT2D eigenvalue weighted by atomic mass is 32.1. The summed E-state index contributed by atoms with van der Waals surface area (Å²) in [6, 6.07) is 12.4. The van der Waals surface area contributed by atoms with Crippen molar-refractivity contribution < 1.29 is 4.79 Å². The number of para-hydroxylation sites is 1. The van der Waals surface area contributed by atoms with Crippen LogP contribution in [0.5, 0.6) is 0 Å². The fraction of sp³-hybridized carbons (Fsp3) is 0.353. The van der Waals surface area contributed by atoms with E-state index in [-0.39, 0.29) is 5.91 Å². The molecule has 2 heterocycles. The average molecular weight is 300 g/mol. The summed E-state index contributed by atoms with van der Waals surface area (Å²) in [6.07, 6.45) is 2.13. The molecule has 0 unspecified atom stereocenters. The predicted molar refractivity (Wildman–Crippen MR) is 87.8 cm³/mol. The molecule has 0 saturated heterocycles. The maximum Gasteiger partial charge on any atom is 0.241 e. The standard InChI is InChI=1S/C17H20N2OS/c1-18(12-15-8-5-11-21-15)13-17(20)19-10-4-7-14-6-2-3-9-16(14)19/h2-3,5-6,8-9,11H,4,7,10,12-13H2,1H3. The van der Waals surface area contributed by atoms with E-state index < -0.39 is 0 Å². The van der Waals surface area contributed by atoms with E-state index in [9.17, 15) is 4.79 Å². The lowest BCUT2D eigenvalue weighted by Gasteiger charge is -2.30. The van der Waals surface area contributed by atoms with Crippen LogP contribution in [0.1, 0.15) is 16.9 Å². The van der Waals surface area contributed by atoms with E-state index in [2.05, 4.69) is 40.6 Å². The summed E-state index contributed by atoms with van der Waals surface area (Å²) in [5, 5.41) is 2.08. The Bertz CT molecular complexity index is 609. The molecule has 1 aliphatic heterocycles. The second-order valence-electron chi connectivity index (χ2n) is 5.53. The Hall–Kier alpha value is -1.65. The molecular weight excluding hydrogens is 280 g/mol. The zero-order valence-corrected chi connectivity index (χ0v) is 13.1. The number of amides is 1. The Morgan fingerprint density at radius 1 is 1.29 bits per heavy atom. The number of hydrogen-bond donors (Lipinski definition) is 0. The minimum absolute atomic E-state index is 0.196. The molecule has 0 atom stereocenters. The molecular formula is C17H20N2OS. The van der Waals surface area contributed by atoms with Gasteiger partial charge in [0, 0.05) is 23.7 Å². The van der Waals surface area contributed by atoms with Crippen molar-refractivity contribution in [3.63, 3.8) is 0 Å². The van der Waals surface area contributed by atoms with E-state index in [0.717, 1.165) is 31.6 Å². The van der Waals surface area contributed by atoms with E-state index in [1.807, 2.05) is 18.0 Å². The first-order chi connectivity index (χ1) is 10.2. The van der Waals surface area contributed by atoms with E-state index in [0.29, 0.717) is 6.54 Å². The zero-order chi connectivity index (χ0) is 14.7. The van der Waals surface area contributed by atoms with Gasteiger partial charge in [-0.1, -0.05) is 24.3 Å². The van der Waals surface area contributed by atoms with Crippen molar-refractivity contribution in [1.29, 1.82) is 0 Å². The van der Waals surface area contributed by atoms with Gasteiger partial charge >= 0.3 is 0 Å². The van der Waals surface area contributed by atoms with Gasteiger partial charge in [-0.05, 0) is 43.0 Å². The normalized spacial score (nSPS) is 14.3. The molecule has 0 bridgehead atoms. The van der Waals surface area contributed by atoms with Gasteiger partial charge < -0.3 is 4.90 Å². The van der Waals surface area contributed by atoms with Crippen molar-refractivity contribution in [2.45, 2.75) is 19.4 Å². The minimum Gasteiger partial charge on any atom is -0.311 e. The lowest BCUT2D eigenvalue weighted by Crippen LogP contribution is -2.41. The maximum absolute atomic E-state index is 12.6. The Balaban J connectivity index is 1.66. The topological polar surface area (TPSA) is 23.6 Å². The maximum atomic E-state index is 12.6. The fourth-order valence-electron chi connectivity index (χ4n) is 2.83. The van der Waals surface area contributed by atoms with Crippen molar-refractivity contribution in [2.24, 2.45) is 0 Å². The zero-order valence-electron chi connectivity index (χ0n) is 12.3. The quantitative estimate of drug-likeness (QED) is 0.866. The van der Waals surface area contributed by atoms with Crippen LogP contribution in [0, 0.1) is 0 Å². The highest BCUT2D eigenvalue weighted by molar-refractivity contribution is 7.09. The van der Waals surface area contributed by atoms with Gasteiger partial charge in [0.15, 0.2) is 0 Å². The van der Waals surface area contributed by atoms with Gasteiger partial charge in [0.05, 0.1) is 6.54 Å². The number of thiophene rings is 1. The van der Waals surface area contributed by atoms with Crippen LogP contribution in [0.25, 0.3) is 0 Å². The Morgan fingerprint density at radius 2 is 2.14 bits per heavy atom. The van der Waals surface area contributed by atoms with Gasteiger partial charge in [-0.3, -0.25) is 9.69 Å². The lowest BCUT2D eigenvalue weighted by molar-refractivity contribution is -0.119. The van der Waals surface area contributed by atoms with E-state index in [1.54, 1.807) is 11.3 Å². The van der Waals surface area contributed by atoms with Gasteiger partial charge in [0.2, 0.25) is 5.91 Å². The van der Waals surface area contributed by atoms with Crippen molar-refractivity contribution >= 4 is 22.9 Å². The molecule has 21 heavy (non-hydrogen) atoms. The first-order valence-electron chi connectivity index (χ1n) is 7.33. The van der Waals surface area contributed by atoms with Crippen molar-refractivity contribution in [1.82, 2.24) is 4.90 Å². The Morgan fingerprint density at radius 3 is 2.95 bits per heavy atom. The molecule has 0 spiro atoms. The molecule has 4 heteroatoms. The van der Waals surface area contributed by atoms with E-state index in [1.165, 1.54) is 10.4 Å². The van der Waals surface area contributed by atoms with Crippen LogP contribution in [0.4, 0.5) is 5.69 Å². The van der Waals surface area contributed by atoms with Gasteiger partial charge in [-0.25, -0.2) is 0 Å². The molecule has 1 aliphatic rings. The molecule has 1 amide bonds. The monoisotopic (exact) mass is 300 g/mol. The number of nitrogens with zero attached hydrogens (tertiary/aromatic N) is 2. The molecule has 1 aromatic heterocycles. The summed E-state index contributed by atoms with van der Waals surface area (Å²) >= 11 is 1.74. The highest BCUT2D eigenvalue weighted by Gasteiger charge is 2.22. The van der Waals surface area contributed by atoms with Crippen LogP contribution in [0.2, 0.25) is 0 Å². The molecule has 2 aromatic rings. The van der Waals surface area contributed by atoms with E-state index in [4.69, 9.17) is 0 Å². The first kappa shape index (κ1) is 14.3. The highest BCUT2D eigenvalue weighted by Crippen LogP contribution is 2.26. The summed E-state index contributed by atoms with van der Waals surface area (Å²) in [5.74, 6) is 0.196. The third-order valence-corrected chi connectivity index (χ3v) is 4.68. The number of aryl methyl sites for hydroxylation is 1. The van der Waals surface area contributed by atoms with E-state index >= 15 is 0 Å². The van der Waals surface area contributed by atoms with Crippen LogP contribution in [0.3, 0.4) is 0 Å². The largest absolute Gasteiger partial charge is 0.311 e. The van der Waals surface area contributed by atoms with Crippen LogP contribution in [-0.2, 0) is 17.8 Å². The fourth-order valence-corrected chi connectivity index (χ4v) is 3.62. The molecule has 3 nitrogen and oxygen atoms in total. The summed E-state index contributed by atoms with van der Waals surface area (Å²) < 4.78 is 0. The van der Waals surface area contributed by atoms with Crippen molar-refractivity contribution in [3.05, 3.63) is 52.2 Å². The van der Waals surface area contributed by atoms with Crippen LogP contribution < -0.4 is 4.90 Å². The number of fused-ring (bicyclic) bond motifs is 1. The average Bonchev–Trinajstić information content (AvgIpc) is 2.99. The second kappa shape index (κ2) is 6.41. The number of anilines is 1. The minimum atomic E-state index is 0.196. The summed E-state index contributed by atoms with van der Waals surface area (Å²) in [4.78, 5) is 17.9. The molecule has 0 N–H and O–H groups in total. The van der Waals surface area contributed by atoms with Gasteiger partial charge in [0.1, 0.15) is 0 Å². The first-order valence-corrected chi connectivity index (χ1v) is 8.21. The number of likely N-dealkylation sites (N-methyl/N-ethyl adjacent to an activating group) is 1. The lowest BCUT2D eigenvalue weighted by atomic mass is 10.0. The van der Waals surface area contributed by atoms with Crippen LogP contribution in [0.15, 0.2) is 41.8 Å². The van der Waals surface area contributed by atoms with Crippen LogP contribution in [-0.4, -0.2) is 30.9 Å². The SMILES string of the molecule is CN(CC(=O)N1CCCc2ccccc21)Cc1cccs1. The number of rotatable bonds is 4. The van der Waals surface area contributed by atoms with Crippen LogP contribution >= 0.6 is 11.3 Å². The van der Waals surface area contributed by atoms with Crippen molar-refractivity contribution in [2.75, 3.05) is 25.0 Å². The van der Waals surface area contributed by atoms with Gasteiger partial charge in [0.25, 0.3) is 0 Å². The van der Waals surface area contributed by atoms with Gasteiger partial charge in [-0.2, -0.15) is 0 Å². The van der Waals surface area contributed by atoms with Crippen molar-refractivity contribution in [3.8, 4) is 0 Å². The molecule has 0 saturated carbocycles. The number of hydrogen-bond acceptors (Lipinski definition) is 3.